The fraction of sp³-hybridized carbons (Fsp3) is 0.429. The number of carbonyl (C=O) groups is 2. The first-order valence-corrected chi connectivity index (χ1v) is 6.62. The molecular weight excluding hydrogens is 266 g/mol. The highest BCUT2D eigenvalue weighted by molar-refractivity contribution is 6.31. The maximum atomic E-state index is 11.9. The Morgan fingerprint density at radius 1 is 1.37 bits per heavy atom. The number of carbonyl (C=O) groups excluding carboxylic acids is 2. The summed E-state index contributed by atoms with van der Waals surface area (Å²) < 4.78 is 5.45. The number of piperidine rings is 1. The number of likely N-dealkylation sites (tertiary alicyclic amines) is 1. The monoisotopic (exact) mass is 281 g/mol. The molecule has 19 heavy (non-hydrogen) atoms. The van der Waals surface area contributed by atoms with E-state index in [0.29, 0.717) is 36.7 Å². The number of halogens is 1. The number of hydrogen-bond donors (Lipinski definition) is 0. The van der Waals surface area contributed by atoms with E-state index < -0.39 is 0 Å². The molecule has 4 nitrogen and oxygen atoms in total. The molecule has 0 saturated carbocycles. The summed E-state index contributed by atoms with van der Waals surface area (Å²) in [7, 11) is 0. The Hall–Kier alpha value is -1.55. The predicted molar refractivity (Wildman–Crippen MR) is 72.5 cm³/mol. The molecule has 1 aliphatic rings. The molecule has 0 N–H and O–H groups in total. The van der Waals surface area contributed by atoms with E-state index in [1.807, 2.05) is 6.92 Å². The Morgan fingerprint density at radius 3 is 2.68 bits per heavy atom. The molecule has 102 valence electrons. The van der Waals surface area contributed by atoms with E-state index in [4.69, 9.17) is 16.3 Å². The largest absolute Gasteiger partial charge is 0.484 e. The van der Waals surface area contributed by atoms with Crippen LogP contribution >= 0.6 is 11.6 Å². The molecule has 0 atom stereocenters. The van der Waals surface area contributed by atoms with Gasteiger partial charge in [-0.3, -0.25) is 9.59 Å². The van der Waals surface area contributed by atoms with Gasteiger partial charge in [0, 0.05) is 31.0 Å². The smallest absolute Gasteiger partial charge is 0.260 e. The minimum atomic E-state index is -0.0832. The summed E-state index contributed by atoms with van der Waals surface area (Å²) in [6.07, 6.45) is 0.900. The van der Waals surface area contributed by atoms with Gasteiger partial charge in [-0.05, 0) is 30.7 Å². The van der Waals surface area contributed by atoms with Crippen LogP contribution in [0.5, 0.6) is 5.75 Å². The summed E-state index contributed by atoms with van der Waals surface area (Å²) in [5.74, 6) is 0.765. The quantitative estimate of drug-likeness (QED) is 0.853. The van der Waals surface area contributed by atoms with Crippen molar-refractivity contribution in [1.29, 1.82) is 0 Å². The number of Topliss-reactive ketones (excluding diaryl/α,β-unsaturated/α-hetero) is 1. The molecule has 1 aromatic carbocycles. The third-order valence-electron chi connectivity index (χ3n) is 3.17. The van der Waals surface area contributed by atoms with Crippen LogP contribution in [-0.4, -0.2) is 36.3 Å². The standard InChI is InChI=1S/C14H16ClNO3/c1-10-8-12(2-3-13(10)15)19-9-14(18)16-6-4-11(17)5-7-16/h2-3,8H,4-7,9H2,1H3. The molecule has 5 heteroatoms. The van der Waals surface area contributed by atoms with E-state index in [0.717, 1.165) is 5.56 Å². The molecule has 0 aliphatic carbocycles. The Kier molecular flexibility index (Phi) is 4.43. The topological polar surface area (TPSA) is 46.6 Å². The van der Waals surface area contributed by atoms with Crippen LogP contribution in [0, 0.1) is 6.92 Å². The molecule has 0 unspecified atom stereocenters. The third kappa shape index (κ3) is 3.70. The SMILES string of the molecule is Cc1cc(OCC(=O)N2CCC(=O)CC2)ccc1Cl. The van der Waals surface area contributed by atoms with Crippen molar-refractivity contribution in [2.45, 2.75) is 19.8 Å². The third-order valence-corrected chi connectivity index (χ3v) is 3.59. The molecule has 1 amide bonds. The Morgan fingerprint density at radius 2 is 2.05 bits per heavy atom. The molecule has 0 radical (unpaired) electrons. The minimum Gasteiger partial charge on any atom is -0.484 e. The van der Waals surface area contributed by atoms with Crippen LogP contribution < -0.4 is 4.74 Å². The Balaban J connectivity index is 1.86. The van der Waals surface area contributed by atoms with Gasteiger partial charge < -0.3 is 9.64 Å². The molecule has 1 heterocycles. The normalized spacial score (nSPS) is 15.5. The summed E-state index contributed by atoms with van der Waals surface area (Å²) >= 11 is 5.92. The van der Waals surface area contributed by atoms with Crippen LogP contribution in [-0.2, 0) is 9.59 Å². The lowest BCUT2D eigenvalue weighted by Gasteiger charge is -2.25. The number of amides is 1. The summed E-state index contributed by atoms with van der Waals surface area (Å²) in [6, 6.07) is 5.29. The fourth-order valence-electron chi connectivity index (χ4n) is 1.95. The van der Waals surface area contributed by atoms with Crippen molar-refractivity contribution in [2.75, 3.05) is 19.7 Å². The van der Waals surface area contributed by atoms with Gasteiger partial charge in [0.15, 0.2) is 6.61 Å². The van der Waals surface area contributed by atoms with E-state index in [1.54, 1.807) is 23.1 Å². The van der Waals surface area contributed by atoms with Crippen LogP contribution in [0.25, 0.3) is 0 Å². The van der Waals surface area contributed by atoms with E-state index in [9.17, 15) is 9.59 Å². The Bertz CT molecular complexity index is 491. The number of ketones is 1. The van der Waals surface area contributed by atoms with E-state index >= 15 is 0 Å². The molecular formula is C14H16ClNO3. The second-order valence-corrected chi connectivity index (χ2v) is 5.03. The zero-order valence-corrected chi connectivity index (χ0v) is 11.6. The predicted octanol–water partition coefficient (Wildman–Crippen LogP) is 2.22. The first-order valence-electron chi connectivity index (χ1n) is 6.24. The molecule has 0 aromatic heterocycles. The number of nitrogens with zero attached hydrogens (tertiary/aromatic N) is 1. The van der Waals surface area contributed by atoms with Crippen LogP contribution in [0.4, 0.5) is 0 Å². The second-order valence-electron chi connectivity index (χ2n) is 4.62. The van der Waals surface area contributed by atoms with Crippen molar-refractivity contribution in [1.82, 2.24) is 4.90 Å². The van der Waals surface area contributed by atoms with Crippen LogP contribution in [0.15, 0.2) is 18.2 Å². The van der Waals surface area contributed by atoms with E-state index in [1.165, 1.54) is 0 Å². The van der Waals surface area contributed by atoms with Crippen molar-refractivity contribution in [3.63, 3.8) is 0 Å². The molecule has 1 saturated heterocycles. The van der Waals surface area contributed by atoms with Crippen LogP contribution in [0.3, 0.4) is 0 Å². The average molecular weight is 282 g/mol. The van der Waals surface area contributed by atoms with Gasteiger partial charge in [-0.1, -0.05) is 11.6 Å². The van der Waals surface area contributed by atoms with Crippen molar-refractivity contribution in [3.05, 3.63) is 28.8 Å². The highest BCUT2D eigenvalue weighted by Gasteiger charge is 2.20. The molecule has 0 bridgehead atoms. The van der Waals surface area contributed by atoms with E-state index in [2.05, 4.69) is 0 Å². The second kappa shape index (κ2) is 6.06. The van der Waals surface area contributed by atoms with Gasteiger partial charge in [0.2, 0.25) is 0 Å². The van der Waals surface area contributed by atoms with Crippen LogP contribution in [0.2, 0.25) is 5.02 Å². The van der Waals surface area contributed by atoms with Gasteiger partial charge in [-0.2, -0.15) is 0 Å². The lowest BCUT2D eigenvalue weighted by molar-refractivity contribution is -0.136. The maximum Gasteiger partial charge on any atom is 0.260 e. The van der Waals surface area contributed by atoms with Crippen LogP contribution in [0.1, 0.15) is 18.4 Å². The summed E-state index contributed by atoms with van der Waals surface area (Å²) in [4.78, 5) is 24.7. The highest BCUT2D eigenvalue weighted by atomic mass is 35.5. The first-order chi connectivity index (χ1) is 9.06. The van der Waals surface area contributed by atoms with E-state index in [-0.39, 0.29) is 18.3 Å². The lowest BCUT2D eigenvalue weighted by atomic mass is 10.1. The zero-order chi connectivity index (χ0) is 13.8. The number of aryl methyl sites for hydroxylation is 1. The molecule has 0 spiro atoms. The minimum absolute atomic E-state index is 0.00470. The number of rotatable bonds is 3. The summed E-state index contributed by atoms with van der Waals surface area (Å²) in [6.45, 7) is 2.88. The van der Waals surface area contributed by atoms with Crippen molar-refractivity contribution in [2.24, 2.45) is 0 Å². The van der Waals surface area contributed by atoms with Gasteiger partial charge in [-0.25, -0.2) is 0 Å². The van der Waals surface area contributed by atoms with Crippen molar-refractivity contribution >= 4 is 23.3 Å². The number of ether oxygens (including phenoxy) is 1. The Labute approximate surface area is 117 Å². The highest BCUT2D eigenvalue weighted by Crippen LogP contribution is 2.21. The van der Waals surface area contributed by atoms with Gasteiger partial charge in [0.05, 0.1) is 0 Å². The number of benzene rings is 1. The first kappa shape index (κ1) is 13.9. The van der Waals surface area contributed by atoms with Crippen molar-refractivity contribution < 1.29 is 14.3 Å². The molecule has 1 fully saturated rings. The van der Waals surface area contributed by atoms with Crippen molar-refractivity contribution in [3.8, 4) is 5.75 Å². The molecule has 1 aliphatic heterocycles. The molecule has 1 aromatic rings. The zero-order valence-electron chi connectivity index (χ0n) is 10.8. The van der Waals surface area contributed by atoms with Gasteiger partial charge >= 0.3 is 0 Å². The average Bonchev–Trinajstić information content (AvgIpc) is 2.40. The lowest BCUT2D eigenvalue weighted by Crippen LogP contribution is -2.41. The van der Waals surface area contributed by atoms with Gasteiger partial charge in [0.1, 0.15) is 11.5 Å². The van der Waals surface area contributed by atoms with Gasteiger partial charge in [0.25, 0.3) is 5.91 Å². The molecule has 2 rings (SSSR count). The maximum absolute atomic E-state index is 11.9. The van der Waals surface area contributed by atoms with Gasteiger partial charge in [-0.15, -0.1) is 0 Å². The summed E-state index contributed by atoms with van der Waals surface area (Å²) in [5, 5.41) is 0.674. The number of hydrogen-bond acceptors (Lipinski definition) is 3. The fourth-order valence-corrected chi connectivity index (χ4v) is 2.07. The summed E-state index contributed by atoms with van der Waals surface area (Å²) in [5.41, 5.74) is 0.912.